The number of fused-ring (bicyclic) bond motifs is 1. The predicted molar refractivity (Wildman–Crippen MR) is 193 cm³/mol. The molecule has 234 valence electrons. The zero-order chi connectivity index (χ0) is 33.0. The standard InChI is InChI=1S/C38H26N4O4S2/c43-35(39-26-19-17-24(18-20-26)32-23-30(37(45)46)29-15-7-8-16-31(29)40-32)34(25-10-3-1-4-11-25)48-38-41-33(22-28-14-9-21-47-28)36(44)42(38)27-12-5-2-6-13-27/h1-23,34H,(H,39,43)(H,45,46)/b33-22-. The summed E-state index contributed by atoms with van der Waals surface area (Å²) >= 11 is 2.71. The number of carboxylic acids is 1. The summed E-state index contributed by atoms with van der Waals surface area (Å²) in [4.78, 5) is 51.5. The van der Waals surface area contributed by atoms with Gasteiger partial charge >= 0.3 is 5.97 Å². The minimum absolute atomic E-state index is 0.168. The van der Waals surface area contributed by atoms with Gasteiger partial charge in [0.15, 0.2) is 5.17 Å². The molecule has 8 nitrogen and oxygen atoms in total. The highest BCUT2D eigenvalue weighted by atomic mass is 32.2. The number of hydrogen-bond donors (Lipinski definition) is 2. The number of thioether (sulfide) groups is 1. The maximum absolute atomic E-state index is 14.0. The van der Waals surface area contributed by atoms with Gasteiger partial charge in [-0.3, -0.25) is 14.5 Å². The van der Waals surface area contributed by atoms with Gasteiger partial charge in [0.05, 0.1) is 22.5 Å². The van der Waals surface area contributed by atoms with Gasteiger partial charge in [-0.05, 0) is 59.5 Å². The third kappa shape index (κ3) is 6.39. The average molecular weight is 667 g/mol. The molecule has 1 atom stereocenters. The molecule has 0 saturated carbocycles. The number of carbonyl (C=O) groups is 3. The summed E-state index contributed by atoms with van der Waals surface area (Å²) in [5, 5.41) is 15.0. The Labute approximate surface area is 284 Å². The van der Waals surface area contributed by atoms with Gasteiger partial charge in [-0.2, -0.15) is 0 Å². The first-order valence-electron chi connectivity index (χ1n) is 14.9. The number of hydrogen-bond acceptors (Lipinski definition) is 7. The lowest BCUT2D eigenvalue weighted by Crippen LogP contribution is -2.32. The van der Waals surface area contributed by atoms with E-state index in [1.54, 1.807) is 59.5 Å². The van der Waals surface area contributed by atoms with Gasteiger partial charge in [-0.15, -0.1) is 11.3 Å². The third-order valence-corrected chi connectivity index (χ3v) is 9.65. The molecule has 0 spiro atoms. The Morgan fingerprint density at radius 3 is 2.27 bits per heavy atom. The lowest BCUT2D eigenvalue weighted by atomic mass is 10.0. The fraction of sp³-hybridized carbons (Fsp3) is 0.0263. The second-order valence-electron chi connectivity index (χ2n) is 10.8. The van der Waals surface area contributed by atoms with Crippen LogP contribution in [-0.2, 0) is 9.59 Å². The largest absolute Gasteiger partial charge is 0.478 e. The molecule has 7 rings (SSSR count). The van der Waals surface area contributed by atoms with Crippen LogP contribution in [0.3, 0.4) is 0 Å². The summed E-state index contributed by atoms with van der Waals surface area (Å²) in [5.74, 6) is -1.60. The van der Waals surface area contributed by atoms with Gasteiger partial charge in [0.1, 0.15) is 10.9 Å². The smallest absolute Gasteiger partial charge is 0.336 e. The molecule has 48 heavy (non-hydrogen) atoms. The number of carbonyl (C=O) groups excluding carboxylic acids is 2. The fourth-order valence-corrected chi connectivity index (χ4v) is 7.09. The molecule has 0 saturated heterocycles. The van der Waals surface area contributed by atoms with Gasteiger partial charge < -0.3 is 10.4 Å². The number of rotatable bonds is 8. The van der Waals surface area contributed by atoms with Crippen LogP contribution >= 0.6 is 23.1 Å². The second kappa shape index (κ2) is 13.5. The van der Waals surface area contributed by atoms with Crippen molar-refractivity contribution in [1.29, 1.82) is 0 Å². The summed E-state index contributed by atoms with van der Waals surface area (Å²) in [7, 11) is 0. The number of aromatic nitrogens is 1. The Hall–Kier alpha value is -5.84. The number of amides is 2. The minimum Gasteiger partial charge on any atom is -0.478 e. The Kier molecular flexibility index (Phi) is 8.65. The summed E-state index contributed by atoms with van der Waals surface area (Å²) in [6.45, 7) is 0. The lowest BCUT2D eigenvalue weighted by molar-refractivity contribution is -0.116. The molecule has 4 aromatic carbocycles. The van der Waals surface area contributed by atoms with Crippen LogP contribution in [0.1, 0.15) is 26.0 Å². The second-order valence-corrected chi connectivity index (χ2v) is 12.8. The van der Waals surface area contributed by atoms with E-state index in [1.165, 1.54) is 23.1 Å². The first-order valence-corrected chi connectivity index (χ1v) is 16.7. The monoisotopic (exact) mass is 666 g/mol. The molecule has 2 N–H and O–H groups in total. The number of pyridine rings is 1. The van der Waals surface area contributed by atoms with E-state index in [4.69, 9.17) is 4.99 Å². The van der Waals surface area contributed by atoms with Crippen molar-refractivity contribution in [3.63, 3.8) is 0 Å². The fourth-order valence-electron chi connectivity index (χ4n) is 5.33. The maximum atomic E-state index is 14.0. The third-order valence-electron chi connectivity index (χ3n) is 7.62. The first-order chi connectivity index (χ1) is 23.4. The molecule has 2 aromatic heterocycles. The molecule has 0 fully saturated rings. The van der Waals surface area contributed by atoms with Crippen molar-refractivity contribution >= 4 is 74.4 Å². The molecular weight excluding hydrogens is 641 g/mol. The van der Waals surface area contributed by atoms with Gasteiger partial charge in [0.25, 0.3) is 5.91 Å². The van der Waals surface area contributed by atoms with Crippen LogP contribution in [0.2, 0.25) is 0 Å². The number of amidine groups is 1. The number of carboxylic acid groups (broad SMARTS) is 1. The number of anilines is 2. The number of thiophene rings is 1. The number of aromatic carboxylic acids is 1. The highest BCUT2D eigenvalue weighted by Crippen LogP contribution is 2.38. The topological polar surface area (TPSA) is 112 Å². The number of nitrogens with zero attached hydrogens (tertiary/aromatic N) is 3. The van der Waals surface area contributed by atoms with Gasteiger partial charge in [-0.25, -0.2) is 14.8 Å². The average Bonchev–Trinajstić information content (AvgIpc) is 3.74. The van der Waals surface area contributed by atoms with Crippen LogP contribution in [0.4, 0.5) is 11.4 Å². The summed E-state index contributed by atoms with van der Waals surface area (Å²) in [6, 6.07) is 38.2. The molecule has 1 aliphatic heterocycles. The molecular formula is C38H26N4O4S2. The molecule has 0 radical (unpaired) electrons. The highest BCUT2D eigenvalue weighted by molar-refractivity contribution is 8.15. The van der Waals surface area contributed by atoms with E-state index in [9.17, 15) is 19.5 Å². The van der Waals surface area contributed by atoms with E-state index in [0.29, 0.717) is 44.4 Å². The van der Waals surface area contributed by atoms with Crippen LogP contribution in [0.25, 0.3) is 28.2 Å². The van der Waals surface area contributed by atoms with Crippen LogP contribution < -0.4 is 10.2 Å². The van der Waals surface area contributed by atoms with Gasteiger partial charge in [0.2, 0.25) is 5.91 Å². The van der Waals surface area contributed by atoms with Gasteiger partial charge in [0, 0.05) is 21.5 Å². The Bertz CT molecular complexity index is 2200. The van der Waals surface area contributed by atoms with Crippen molar-refractivity contribution in [3.8, 4) is 11.3 Å². The zero-order valence-corrected chi connectivity index (χ0v) is 26.8. The van der Waals surface area contributed by atoms with E-state index in [2.05, 4.69) is 10.3 Å². The minimum atomic E-state index is -1.03. The van der Waals surface area contributed by atoms with Crippen molar-refractivity contribution in [1.82, 2.24) is 4.98 Å². The predicted octanol–water partition coefficient (Wildman–Crippen LogP) is 8.52. The molecule has 10 heteroatoms. The van der Waals surface area contributed by atoms with E-state index in [1.807, 2.05) is 84.2 Å². The zero-order valence-electron chi connectivity index (χ0n) is 25.2. The number of nitrogens with one attached hydrogen (secondary N) is 1. The van der Waals surface area contributed by atoms with E-state index in [-0.39, 0.29) is 17.4 Å². The number of aliphatic imine (C=N–C) groups is 1. The molecule has 0 aliphatic carbocycles. The highest BCUT2D eigenvalue weighted by Gasteiger charge is 2.36. The number of para-hydroxylation sites is 2. The number of benzene rings is 4. The van der Waals surface area contributed by atoms with E-state index in [0.717, 1.165) is 10.4 Å². The molecule has 6 aromatic rings. The van der Waals surface area contributed by atoms with Crippen LogP contribution in [-0.4, -0.2) is 33.0 Å². The van der Waals surface area contributed by atoms with Crippen molar-refractivity contribution in [3.05, 3.63) is 154 Å². The SMILES string of the molecule is O=C(O)c1cc(-c2ccc(NC(=O)C(SC3=N/C(=C\c4cccs4)C(=O)N3c3ccccc3)c3ccccc3)cc2)nc2ccccc12. The maximum Gasteiger partial charge on any atom is 0.336 e. The van der Waals surface area contributed by atoms with Crippen molar-refractivity contribution in [2.45, 2.75) is 5.25 Å². The lowest BCUT2D eigenvalue weighted by Gasteiger charge is -2.22. The molecule has 2 amide bonds. The van der Waals surface area contributed by atoms with Crippen molar-refractivity contribution in [2.24, 2.45) is 4.99 Å². The van der Waals surface area contributed by atoms with Crippen LogP contribution in [0.15, 0.2) is 143 Å². The van der Waals surface area contributed by atoms with Crippen LogP contribution in [0.5, 0.6) is 0 Å². The molecule has 0 bridgehead atoms. The van der Waals surface area contributed by atoms with Crippen molar-refractivity contribution < 1.29 is 19.5 Å². The Morgan fingerprint density at radius 1 is 0.854 bits per heavy atom. The van der Waals surface area contributed by atoms with Gasteiger partial charge in [-0.1, -0.05) is 96.7 Å². The Morgan fingerprint density at radius 2 is 1.56 bits per heavy atom. The Balaban J connectivity index is 1.18. The summed E-state index contributed by atoms with van der Waals surface area (Å²) < 4.78 is 0. The summed E-state index contributed by atoms with van der Waals surface area (Å²) in [5.41, 5.74) is 4.21. The molecule has 1 aliphatic rings. The quantitative estimate of drug-likeness (QED) is 0.158. The summed E-state index contributed by atoms with van der Waals surface area (Å²) in [6.07, 6.45) is 1.76. The normalized spacial score (nSPS) is 14.2. The van der Waals surface area contributed by atoms with Crippen LogP contribution in [0, 0.1) is 0 Å². The molecule has 1 unspecified atom stereocenters. The van der Waals surface area contributed by atoms with Crippen molar-refractivity contribution in [2.75, 3.05) is 10.2 Å². The molecule has 3 heterocycles. The van der Waals surface area contributed by atoms with E-state index < -0.39 is 11.2 Å². The van der Waals surface area contributed by atoms with E-state index >= 15 is 0 Å². The first kappa shape index (κ1) is 30.8.